The Balaban J connectivity index is 1.85. The molecule has 0 atom stereocenters. The molecular weight excluding hydrogens is 310 g/mol. The number of benzene rings is 1. The summed E-state index contributed by atoms with van der Waals surface area (Å²) in [6, 6.07) is 5.90. The number of amides is 1. The first kappa shape index (κ1) is 16.3. The third-order valence-corrected chi connectivity index (χ3v) is 4.55. The average Bonchev–Trinajstić information content (AvgIpc) is 2.59. The number of carbonyl (C=O) groups is 1. The molecule has 1 heterocycles. The quantitative estimate of drug-likeness (QED) is 0.662. The van der Waals surface area contributed by atoms with Crippen molar-refractivity contribution >= 4 is 22.5 Å². The van der Waals surface area contributed by atoms with Gasteiger partial charge in [0, 0.05) is 18.8 Å². The van der Waals surface area contributed by atoms with Gasteiger partial charge >= 0.3 is 0 Å². The van der Waals surface area contributed by atoms with Gasteiger partial charge in [0.15, 0.2) is 0 Å². The number of non-ortho nitro benzene ring substituents is 1. The van der Waals surface area contributed by atoms with Crippen molar-refractivity contribution in [2.24, 2.45) is 0 Å². The minimum absolute atomic E-state index is 0.0828. The van der Waals surface area contributed by atoms with Crippen molar-refractivity contribution in [3.05, 3.63) is 46.1 Å². The lowest BCUT2D eigenvalue weighted by Crippen LogP contribution is -2.44. The molecule has 7 heteroatoms. The summed E-state index contributed by atoms with van der Waals surface area (Å²) in [7, 11) is 0. The topological polar surface area (TPSA) is 105 Å². The second kappa shape index (κ2) is 6.52. The van der Waals surface area contributed by atoms with Gasteiger partial charge in [-0.25, -0.2) is 0 Å². The minimum atomic E-state index is -0.863. The summed E-state index contributed by atoms with van der Waals surface area (Å²) in [5, 5.41) is 24.7. The predicted molar refractivity (Wildman–Crippen MR) is 88.8 cm³/mol. The smallest absolute Gasteiger partial charge is 0.278 e. The fourth-order valence-electron chi connectivity index (χ4n) is 3.23. The van der Waals surface area contributed by atoms with Crippen molar-refractivity contribution in [3.8, 4) is 0 Å². The highest BCUT2D eigenvalue weighted by molar-refractivity contribution is 6.07. The molecule has 1 aromatic carbocycles. The number of nitrogens with one attached hydrogen (secondary N) is 1. The van der Waals surface area contributed by atoms with Crippen LogP contribution < -0.4 is 5.32 Å². The highest BCUT2D eigenvalue weighted by Crippen LogP contribution is 2.29. The van der Waals surface area contributed by atoms with Gasteiger partial charge in [-0.1, -0.05) is 19.3 Å². The Morgan fingerprint density at radius 1 is 1.29 bits per heavy atom. The van der Waals surface area contributed by atoms with Crippen LogP contribution in [0.5, 0.6) is 0 Å². The molecule has 0 bridgehead atoms. The third kappa shape index (κ3) is 3.21. The van der Waals surface area contributed by atoms with E-state index in [0.29, 0.717) is 23.7 Å². The van der Waals surface area contributed by atoms with Gasteiger partial charge < -0.3 is 10.4 Å². The van der Waals surface area contributed by atoms with Crippen molar-refractivity contribution in [3.63, 3.8) is 0 Å². The predicted octanol–water partition coefficient (Wildman–Crippen LogP) is 2.57. The minimum Gasteiger partial charge on any atom is -0.388 e. The van der Waals surface area contributed by atoms with Crippen LogP contribution in [-0.2, 0) is 0 Å². The molecule has 2 aromatic rings. The van der Waals surface area contributed by atoms with Gasteiger partial charge in [0.05, 0.1) is 27.0 Å². The van der Waals surface area contributed by atoms with E-state index < -0.39 is 10.5 Å². The van der Waals surface area contributed by atoms with E-state index in [9.17, 15) is 20.0 Å². The molecule has 0 spiro atoms. The molecule has 0 aliphatic heterocycles. The van der Waals surface area contributed by atoms with Crippen LogP contribution in [0, 0.1) is 10.1 Å². The number of nitrogens with zero attached hydrogens (tertiary/aromatic N) is 2. The van der Waals surface area contributed by atoms with Crippen molar-refractivity contribution in [2.45, 2.75) is 37.7 Å². The number of aliphatic hydroxyl groups is 1. The zero-order chi connectivity index (χ0) is 17.2. The Morgan fingerprint density at radius 3 is 2.75 bits per heavy atom. The molecule has 3 rings (SSSR count). The van der Waals surface area contributed by atoms with Gasteiger partial charge in [-0.05, 0) is 31.0 Å². The zero-order valence-corrected chi connectivity index (χ0v) is 13.2. The SMILES string of the molecule is O=C(NCC1(O)CCCCC1)c1ccc([N+](=O)[O-])c2cccnc12. The molecule has 1 saturated carbocycles. The molecule has 2 N–H and O–H groups in total. The summed E-state index contributed by atoms with van der Waals surface area (Å²) in [6.45, 7) is 0.178. The lowest BCUT2D eigenvalue weighted by molar-refractivity contribution is -0.383. The van der Waals surface area contributed by atoms with E-state index >= 15 is 0 Å². The Bertz CT molecular complexity index is 784. The van der Waals surface area contributed by atoms with E-state index in [0.717, 1.165) is 19.3 Å². The van der Waals surface area contributed by atoms with Crippen LogP contribution in [0.2, 0.25) is 0 Å². The van der Waals surface area contributed by atoms with Crippen LogP contribution in [0.1, 0.15) is 42.5 Å². The maximum atomic E-state index is 12.5. The van der Waals surface area contributed by atoms with Crippen LogP contribution in [-0.4, -0.2) is 33.1 Å². The molecule has 0 radical (unpaired) electrons. The standard InChI is InChI=1S/C17H19N3O4/c21-16(19-11-17(22)8-2-1-3-9-17)13-6-7-14(20(23)24)12-5-4-10-18-15(12)13/h4-7,10,22H,1-3,8-9,11H2,(H,19,21). The summed E-state index contributed by atoms with van der Waals surface area (Å²) in [6.07, 6.45) is 5.85. The number of rotatable bonds is 4. The molecule has 0 unspecified atom stereocenters. The Labute approximate surface area is 138 Å². The Hall–Kier alpha value is -2.54. The first-order chi connectivity index (χ1) is 11.5. The molecule has 1 aromatic heterocycles. The highest BCUT2D eigenvalue weighted by Gasteiger charge is 2.30. The molecule has 7 nitrogen and oxygen atoms in total. The van der Waals surface area contributed by atoms with Crippen molar-refractivity contribution in [1.82, 2.24) is 10.3 Å². The molecule has 24 heavy (non-hydrogen) atoms. The van der Waals surface area contributed by atoms with Crippen LogP contribution in [0.4, 0.5) is 5.69 Å². The number of hydrogen-bond donors (Lipinski definition) is 2. The average molecular weight is 329 g/mol. The second-order valence-corrected chi connectivity index (χ2v) is 6.26. The number of fused-ring (bicyclic) bond motifs is 1. The summed E-state index contributed by atoms with van der Waals surface area (Å²) in [5.74, 6) is -0.382. The van der Waals surface area contributed by atoms with E-state index in [1.165, 1.54) is 18.3 Å². The van der Waals surface area contributed by atoms with Crippen LogP contribution >= 0.6 is 0 Å². The number of aromatic nitrogens is 1. The van der Waals surface area contributed by atoms with E-state index in [1.807, 2.05) is 0 Å². The van der Waals surface area contributed by atoms with E-state index in [1.54, 1.807) is 12.1 Å². The molecule has 1 amide bonds. The fraction of sp³-hybridized carbons (Fsp3) is 0.412. The Kier molecular flexibility index (Phi) is 4.44. The normalized spacial score (nSPS) is 16.7. The maximum absolute atomic E-state index is 12.5. The first-order valence-corrected chi connectivity index (χ1v) is 8.03. The van der Waals surface area contributed by atoms with Crippen molar-refractivity contribution < 1.29 is 14.8 Å². The summed E-state index contributed by atoms with van der Waals surface area (Å²) in [4.78, 5) is 27.2. The van der Waals surface area contributed by atoms with E-state index in [-0.39, 0.29) is 23.7 Å². The number of nitro benzene ring substituents is 1. The van der Waals surface area contributed by atoms with Crippen LogP contribution in [0.25, 0.3) is 10.9 Å². The fourth-order valence-corrected chi connectivity index (χ4v) is 3.23. The molecule has 1 aliphatic carbocycles. The van der Waals surface area contributed by atoms with Crippen molar-refractivity contribution in [2.75, 3.05) is 6.54 Å². The van der Waals surface area contributed by atoms with Gasteiger partial charge in [-0.3, -0.25) is 19.9 Å². The van der Waals surface area contributed by atoms with Gasteiger partial charge in [-0.2, -0.15) is 0 Å². The van der Waals surface area contributed by atoms with Crippen LogP contribution in [0.15, 0.2) is 30.5 Å². The van der Waals surface area contributed by atoms with Gasteiger partial charge in [0.1, 0.15) is 0 Å². The number of nitro groups is 1. The Morgan fingerprint density at radius 2 is 2.04 bits per heavy atom. The summed E-state index contributed by atoms with van der Waals surface area (Å²) >= 11 is 0. The van der Waals surface area contributed by atoms with Gasteiger partial charge in [0.25, 0.3) is 11.6 Å². The van der Waals surface area contributed by atoms with E-state index in [2.05, 4.69) is 10.3 Å². The number of pyridine rings is 1. The molecule has 126 valence electrons. The molecular formula is C17H19N3O4. The summed E-state index contributed by atoms with van der Waals surface area (Å²) < 4.78 is 0. The molecule has 0 saturated heterocycles. The maximum Gasteiger partial charge on any atom is 0.278 e. The number of carbonyl (C=O) groups excluding carboxylic acids is 1. The molecule has 1 aliphatic rings. The largest absolute Gasteiger partial charge is 0.388 e. The lowest BCUT2D eigenvalue weighted by atomic mass is 9.85. The monoisotopic (exact) mass is 329 g/mol. The van der Waals surface area contributed by atoms with Crippen molar-refractivity contribution in [1.29, 1.82) is 0 Å². The highest BCUT2D eigenvalue weighted by atomic mass is 16.6. The summed E-state index contributed by atoms with van der Waals surface area (Å²) in [5.41, 5.74) is -0.381. The lowest BCUT2D eigenvalue weighted by Gasteiger charge is -2.32. The van der Waals surface area contributed by atoms with E-state index in [4.69, 9.17) is 0 Å². The number of hydrogen-bond acceptors (Lipinski definition) is 5. The second-order valence-electron chi connectivity index (χ2n) is 6.26. The molecule has 1 fully saturated rings. The first-order valence-electron chi connectivity index (χ1n) is 8.03. The van der Waals surface area contributed by atoms with Gasteiger partial charge in [-0.15, -0.1) is 0 Å². The zero-order valence-electron chi connectivity index (χ0n) is 13.2. The van der Waals surface area contributed by atoms with Gasteiger partial charge in [0.2, 0.25) is 0 Å². The van der Waals surface area contributed by atoms with Crippen LogP contribution in [0.3, 0.4) is 0 Å². The third-order valence-electron chi connectivity index (χ3n) is 4.55.